The first kappa shape index (κ1) is 11.1. The number of carbonyl (C=O) groups is 1. The maximum Gasteiger partial charge on any atom is 0.387 e. The first-order valence-electron chi connectivity index (χ1n) is 4.03. The molecule has 0 saturated heterocycles. The molecule has 0 atom stereocenters. The highest BCUT2D eigenvalue weighted by Gasteiger charge is 2.38. The number of benzene rings is 1. The summed E-state index contributed by atoms with van der Waals surface area (Å²) in [6, 6.07) is 1.68. The molecular formula is C9H7F2N3O. The molecule has 78 valence electrons. The molecule has 0 radical (unpaired) electrons. The normalized spacial score (nSPS) is 10.6. The van der Waals surface area contributed by atoms with E-state index in [1.165, 1.54) is 18.2 Å². The summed E-state index contributed by atoms with van der Waals surface area (Å²) in [5, 5.41) is 2.16. The Morgan fingerprint density at radius 3 is 2.73 bits per heavy atom. The van der Waals surface area contributed by atoms with Gasteiger partial charge in [0.25, 0.3) is 0 Å². The van der Waals surface area contributed by atoms with E-state index in [-0.39, 0.29) is 5.56 Å². The van der Waals surface area contributed by atoms with Gasteiger partial charge in [0.15, 0.2) is 0 Å². The number of azide groups is 1. The number of rotatable bonds is 3. The Morgan fingerprint density at radius 1 is 1.53 bits per heavy atom. The summed E-state index contributed by atoms with van der Waals surface area (Å²) in [4.78, 5) is 13.1. The number of nitrogens with zero attached hydrogens (tertiary/aromatic N) is 3. The second-order valence-corrected chi connectivity index (χ2v) is 2.93. The third-order valence-corrected chi connectivity index (χ3v) is 1.72. The standard InChI is InChI=1S/C9H7F2N3O/c1-6-3-2-4-7(5-6)8(15)9(10,11)13-14-12/h2-5H,1H3. The van der Waals surface area contributed by atoms with Gasteiger partial charge in [-0.05, 0) is 23.6 Å². The molecule has 0 unspecified atom stereocenters. The van der Waals surface area contributed by atoms with Gasteiger partial charge in [-0.15, -0.1) is 0 Å². The van der Waals surface area contributed by atoms with E-state index in [2.05, 4.69) is 5.11 Å². The van der Waals surface area contributed by atoms with E-state index in [0.29, 0.717) is 5.56 Å². The Balaban J connectivity index is 3.09. The van der Waals surface area contributed by atoms with Gasteiger partial charge in [0, 0.05) is 10.5 Å². The molecule has 1 aromatic rings. The van der Waals surface area contributed by atoms with Gasteiger partial charge in [-0.3, -0.25) is 4.79 Å². The summed E-state index contributed by atoms with van der Waals surface area (Å²) in [5.41, 5.74) is 8.38. The van der Waals surface area contributed by atoms with Crippen LogP contribution in [0.25, 0.3) is 10.4 Å². The van der Waals surface area contributed by atoms with Crippen LogP contribution < -0.4 is 0 Å². The topological polar surface area (TPSA) is 65.8 Å². The minimum absolute atomic E-state index is 0.174. The fourth-order valence-corrected chi connectivity index (χ4v) is 1.06. The van der Waals surface area contributed by atoms with Crippen molar-refractivity contribution in [3.8, 4) is 0 Å². The summed E-state index contributed by atoms with van der Waals surface area (Å²) >= 11 is 0. The van der Waals surface area contributed by atoms with Crippen molar-refractivity contribution < 1.29 is 13.6 Å². The van der Waals surface area contributed by atoms with Gasteiger partial charge in [-0.2, -0.15) is 8.78 Å². The molecule has 0 saturated carbocycles. The maximum absolute atomic E-state index is 12.9. The number of hydrogen-bond acceptors (Lipinski definition) is 2. The van der Waals surface area contributed by atoms with Crippen molar-refractivity contribution in [3.05, 3.63) is 45.8 Å². The van der Waals surface area contributed by atoms with E-state index in [4.69, 9.17) is 5.53 Å². The fourth-order valence-electron chi connectivity index (χ4n) is 1.06. The van der Waals surface area contributed by atoms with E-state index in [1.54, 1.807) is 13.0 Å². The van der Waals surface area contributed by atoms with Crippen molar-refractivity contribution in [1.29, 1.82) is 0 Å². The Labute approximate surface area is 84.2 Å². The average Bonchev–Trinajstić information content (AvgIpc) is 2.16. The molecule has 0 heterocycles. The van der Waals surface area contributed by atoms with Gasteiger partial charge in [0.1, 0.15) is 0 Å². The smallest absolute Gasteiger partial charge is 0.287 e. The molecule has 0 bridgehead atoms. The van der Waals surface area contributed by atoms with Crippen molar-refractivity contribution in [2.24, 2.45) is 5.11 Å². The number of ketones is 1. The Kier molecular flexibility index (Phi) is 3.01. The van der Waals surface area contributed by atoms with Crippen LogP contribution in [0.15, 0.2) is 29.4 Å². The second-order valence-electron chi connectivity index (χ2n) is 2.93. The fraction of sp³-hybridized carbons (Fsp3) is 0.222. The molecule has 0 aliphatic carbocycles. The van der Waals surface area contributed by atoms with Gasteiger partial charge in [0.2, 0.25) is 5.78 Å². The van der Waals surface area contributed by atoms with E-state index in [0.717, 1.165) is 0 Å². The molecule has 4 nitrogen and oxygen atoms in total. The first-order valence-corrected chi connectivity index (χ1v) is 4.03. The molecule has 0 spiro atoms. The molecule has 0 fully saturated rings. The summed E-state index contributed by atoms with van der Waals surface area (Å²) in [7, 11) is 0. The molecule has 0 amide bonds. The molecule has 1 rings (SSSR count). The predicted octanol–water partition coefficient (Wildman–Crippen LogP) is 3.08. The van der Waals surface area contributed by atoms with Crippen LogP contribution in [0.2, 0.25) is 0 Å². The van der Waals surface area contributed by atoms with Crippen LogP contribution in [-0.2, 0) is 0 Å². The van der Waals surface area contributed by atoms with E-state index in [1.807, 2.05) is 4.91 Å². The second kappa shape index (κ2) is 4.06. The third-order valence-electron chi connectivity index (χ3n) is 1.72. The van der Waals surface area contributed by atoms with Crippen LogP contribution in [0.4, 0.5) is 8.78 Å². The molecular weight excluding hydrogens is 204 g/mol. The summed E-state index contributed by atoms with van der Waals surface area (Å²) in [5.74, 6) is -1.50. The minimum atomic E-state index is -4.03. The molecule has 6 heteroatoms. The lowest BCUT2D eigenvalue weighted by Crippen LogP contribution is -2.25. The molecule has 1 aromatic carbocycles. The Hall–Kier alpha value is -1.94. The predicted molar refractivity (Wildman–Crippen MR) is 49.6 cm³/mol. The number of halogens is 2. The quantitative estimate of drug-likeness (QED) is 0.249. The van der Waals surface area contributed by atoms with Crippen LogP contribution in [0, 0.1) is 6.92 Å². The lowest BCUT2D eigenvalue weighted by molar-refractivity contribution is 0.0148. The Bertz CT molecular complexity index is 439. The molecule has 0 N–H and O–H groups in total. The largest absolute Gasteiger partial charge is 0.387 e. The van der Waals surface area contributed by atoms with Gasteiger partial charge < -0.3 is 0 Å². The van der Waals surface area contributed by atoms with Gasteiger partial charge >= 0.3 is 6.05 Å². The van der Waals surface area contributed by atoms with E-state index >= 15 is 0 Å². The number of carbonyl (C=O) groups excluding carboxylic acids is 1. The van der Waals surface area contributed by atoms with Gasteiger partial charge in [-0.1, -0.05) is 23.8 Å². The first-order chi connectivity index (χ1) is 6.97. The number of hydrogen-bond donors (Lipinski definition) is 0. The van der Waals surface area contributed by atoms with Crippen LogP contribution in [0.1, 0.15) is 15.9 Å². The van der Waals surface area contributed by atoms with Crippen molar-refractivity contribution >= 4 is 5.78 Å². The minimum Gasteiger partial charge on any atom is -0.287 e. The average molecular weight is 211 g/mol. The highest BCUT2D eigenvalue weighted by Crippen LogP contribution is 2.22. The van der Waals surface area contributed by atoms with E-state index < -0.39 is 11.8 Å². The summed E-state index contributed by atoms with van der Waals surface area (Å²) in [6.45, 7) is 1.67. The van der Waals surface area contributed by atoms with Crippen molar-refractivity contribution in [1.82, 2.24) is 0 Å². The van der Waals surface area contributed by atoms with E-state index in [9.17, 15) is 13.6 Å². The molecule has 0 aromatic heterocycles. The summed E-state index contributed by atoms with van der Waals surface area (Å²) < 4.78 is 25.7. The third kappa shape index (κ3) is 2.51. The zero-order chi connectivity index (χ0) is 11.5. The molecule has 15 heavy (non-hydrogen) atoms. The lowest BCUT2D eigenvalue weighted by atomic mass is 10.1. The van der Waals surface area contributed by atoms with Crippen LogP contribution in [0.5, 0.6) is 0 Å². The summed E-state index contributed by atoms with van der Waals surface area (Å²) in [6.07, 6.45) is 0. The van der Waals surface area contributed by atoms with Crippen molar-refractivity contribution in [2.75, 3.05) is 0 Å². The zero-order valence-corrected chi connectivity index (χ0v) is 7.82. The lowest BCUT2D eigenvalue weighted by Gasteiger charge is -2.08. The van der Waals surface area contributed by atoms with Crippen LogP contribution in [-0.4, -0.2) is 11.8 Å². The SMILES string of the molecule is Cc1cccc(C(=O)C(F)(F)N=[N+]=[N-])c1. The monoisotopic (exact) mass is 211 g/mol. The van der Waals surface area contributed by atoms with Crippen molar-refractivity contribution in [3.63, 3.8) is 0 Å². The number of alkyl halides is 2. The Morgan fingerprint density at radius 2 is 2.20 bits per heavy atom. The molecule has 0 aliphatic heterocycles. The van der Waals surface area contributed by atoms with Crippen LogP contribution >= 0.6 is 0 Å². The van der Waals surface area contributed by atoms with Crippen LogP contribution in [0.3, 0.4) is 0 Å². The molecule has 0 aliphatic rings. The zero-order valence-electron chi connectivity index (χ0n) is 7.82. The van der Waals surface area contributed by atoms with Gasteiger partial charge in [0.05, 0.1) is 0 Å². The van der Waals surface area contributed by atoms with Gasteiger partial charge in [-0.25, -0.2) is 0 Å². The highest BCUT2D eigenvalue weighted by atomic mass is 19.3. The number of aryl methyl sites for hydroxylation is 1. The highest BCUT2D eigenvalue weighted by molar-refractivity contribution is 6.01. The number of Topliss-reactive ketones (excluding diaryl/α,β-unsaturated/α-hetero) is 1. The maximum atomic E-state index is 12.9. The van der Waals surface area contributed by atoms with Crippen molar-refractivity contribution in [2.45, 2.75) is 13.0 Å².